The quantitative estimate of drug-likeness (QED) is 0.746. The van der Waals surface area contributed by atoms with Crippen LogP contribution in [0.25, 0.3) is 10.9 Å². The zero-order valence-corrected chi connectivity index (χ0v) is 13.3. The summed E-state index contributed by atoms with van der Waals surface area (Å²) in [6, 6.07) is 17.2. The van der Waals surface area contributed by atoms with Crippen LogP contribution in [0, 0.1) is 0 Å². The van der Waals surface area contributed by atoms with E-state index in [1.807, 2.05) is 42.5 Å². The Kier molecular flexibility index (Phi) is 3.65. The molecule has 0 spiro atoms. The number of amides is 1. The van der Waals surface area contributed by atoms with E-state index in [1.165, 1.54) is 5.56 Å². The molecule has 1 amide bonds. The van der Waals surface area contributed by atoms with Crippen LogP contribution in [-0.4, -0.2) is 17.4 Å². The molecule has 0 fully saturated rings. The molecule has 1 N–H and O–H groups in total. The monoisotopic (exact) mass is 318 g/mol. The lowest BCUT2D eigenvalue weighted by molar-refractivity contribution is 0.0985. The number of benzene rings is 2. The largest absolute Gasteiger partial charge is 0.321 e. The summed E-state index contributed by atoms with van der Waals surface area (Å²) in [5, 5.41) is 0.864. The fourth-order valence-electron chi connectivity index (χ4n) is 3.35. The van der Waals surface area contributed by atoms with Crippen LogP contribution in [0.1, 0.15) is 28.8 Å². The van der Waals surface area contributed by atoms with E-state index in [1.54, 1.807) is 11.0 Å². The van der Waals surface area contributed by atoms with Crippen molar-refractivity contribution in [2.24, 2.45) is 0 Å². The predicted octanol–water partition coefficient (Wildman–Crippen LogP) is 3.51. The first-order valence-electron chi connectivity index (χ1n) is 8.26. The highest BCUT2D eigenvalue weighted by Crippen LogP contribution is 2.27. The maximum atomic E-state index is 13.1. The van der Waals surface area contributed by atoms with E-state index < -0.39 is 0 Å². The van der Waals surface area contributed by atoms with E-state index in [9.17, 15) is 9.59 Å². The Labute approximate surface area is 139 Å². The van der Waals surface area contributed by atoms with Crippen LogP contribution in [0.5, 0.6) is 0 Å². The van der Waals surface area contributed by atoms with Gasteiger partial charge in [0.15, 0.2) is 0 Å². The molecule has 4 rings (SSSR count). The number of aryl methyl sites for hydroxylation is 1. The lowest BCUT2D eigenvalue weighted by Crippen LogP contribution is -2.35. The third kappa shape index (κ3) is 2.50. The minimum absolute atomic E-state index is 0.199. The van der Waals surface area contributed by atoms with Crippen LogP contribution < -0.4 is 10.5 Å². The van der Waals surface area contributed by atoms with Crippen LogP contribution in [0.15, 0.2) is 59.4 Å². The number of carbonyl (C=O) groups is 1. The molecule has 4 nitrogen and oxygen atoms in total. The molecule has 2 aromatic carbocycles. The Morgan fingerprint density at radius 1 is 1.00 bits per heavy atom. The van der Waals surface area contributed by atoms with Gasteiger partial charge in [-0.3, -0.25) is 9.59 Å². The molecule has 1 aromatic heterocycles. The smallest absolute Gasteiger partial charge is 0.263 e. The van der Waals surface area contributed by atoms with Crippen LogP contribution in [0.2, 0.25) is 0 Å². The molecule has 0 unspecified atom stereocenters. The molecular formula is C20H18N2O2. The van der Waals surface area contributed by atoms with Crippen molar-refractivity contribution in [2.75, 3.05) is 11.4 Å². The molecule has 0 bridgehead atoms. The van der Waals surface area contributed by atoms with Crippen molar-refractivity contribution >= 4 is 22.5 Å². The van der Waals surface area contributed by atoms with Gasteiger partial charge in [0.25, 0.3) is 11.5 Å². The Morgan fingerprint density at radius 3 is 2.71 bits per heavy atom. The highest BCUT2D eigenvalue weighted by atomic mass is 16.2. The number of aromatic amines is 1. The second-order valence-corrected chi connectivity index (χ2v) is 6.14. The predicted molar refractivity (Wildman–Crippen MR) is 95.6 cm³/mol. The van der Waals surface area contributed by atoms with E-state index in [0.29, 0.717) is 6.54 Å². The normalized spacial score (nSPS) is 14.2. The van der Waals surface area contributed by atoms with Gasteiger partial charge < -0.3 is 9.88 Å². The molecule has 1 aliphatic rings. The van der Waals surface area contributed by atoms with Crippen LogP contribution in [-0.2, 0) is 6.42 Å². The van der Waals surface area contributed by atoms with Crippen molar-refractivity contribution in [3.05, 3.63) is 76.1 Å². The topological polar surface area (TPSA) is 53.2 Å². The Balaban J connectivity index is 1.82. The minimum atomic E-state index is -0.333. The minimum Gasteiger partial charge on any atom is -0.321 e. The fourth-order valence-corrected chi connectivity index (χ4v) is 3.35. The number of pyridine rings is 1. The molecule has 24 heavy (non-hydrogen) atoms. The van der Waals surface area contributed by atoms with E-state index >= 15 is 0 Å². The lowest BCUT2D eigenvalue weighted by atomic mass is 10.1. The SMILES string of the molecule is O=C(c1cc2ccccc2[nH]c1=O)N1CCCCc2ccccc21. The summed E-state index contributed by atoms with van der Waals surface area (Å²) in [6.07, 6.45) is 2.95. The molecule has 120 valence electrons. The highest BCUT2D eigenvalue weighted by molar-refractivity contribution is 6.07. The molecule has 4 heteroatoms. The number of nitrogens with zero attached hydrogens (tertiary/aromatic N) is 1. The summed E-state index contributed by atoms with van der Waals surface area (Å²) in [4.78, 5) is 30.1. The average Bonchev–Trinajstić information content (AvgIpc) is 2.83. The lowest BCUT2D eigenvalue weighted by Gasteiger charge is -2.22. The number of H-pyrrole nitrogens is 1. The summed E-state index contributed by atoms with van der Waals surface area (Å²) in [5.41, 5.74) is 2.70. The van der Waals surface area contributed by atoms with Gasteiger partial charge in [0, 0.05) is 17.7 Å². The second-order valence-electron chi connectivity index (χ2n) is 6.14. The molecule has 2 heterocycles. The first-order chi connectivity index (χ1) is 11.7. The van der Waals surface area contributed by atoms with Gasteiger partial charge in [-0.1, -0.05) is 36.4 Å². The van der Waals surface area contributed by atoms with E-state index in [4.69, 9.17) is 0 Å². The number of para-hydroxylation sites is 2. The molecule has 0 saturated heterocycles. The van der Waals surface area contributed by atoms with E-state index in [-0.39, 0.29) is 17.0 Å². The first kappa shape index (κ1) is 14.7. The van der Waals surface area contributed by atoms with Gasteiger partial charge in [0.05, 0.1) is 0 Å². The molecule has 0 atom stereocenters. The highest BCUT2D eigenvalue weighted by Gasteiger charge is 2.24. The van der Waals surface area contributed by atoms with Crippen molar-refractivity contribution < 1.29 is 4.79 Å². The third-order valence-corrected chi connectivity index (χ3v) is 4.59. The molecule has 0 radical (unpaired) electrons. The number of hydrogen-bond donors (Lipinski definition) is 1. The number of anilines is 1. The fraction of sp³-hybridized carbons (Fsp3) is 0.200. The average molecular weight is 318 g/mol. The summed E-state index contributed by atoms with van der Waals surface area (Å²) in [6.45, 7) is 0.641. The summed E-state index contributed by atoms with van der Waals surface area (Å²) < 4.78 is 0. The Morgan fingerprint density at radius 2 is 1.79 bits per heavy atom. The zero-order valence-electron chi connectivity index (χ0n) is 13.3. The van der Waals surface area contributed by atoms with Gasteiger partial charge in [-0.2, -0.15) is 0 Å². The van der Waals surface area contributed by atoms with Gasteiger partial charge in [0.1, 0.15) is 5.56 Å². The van der Waals surface area contributed by atoms with Crippen LogP contribution in [0.3, 0.4) is 0 Å². The first-order valence-corrected chi connectivity index (χ1v) is 8.26. The molecule has 0 aliphatic carbocycles. The number of nitrogens with one attached hydrogen (secondary N) is 1. The third-order valence-electron chi connectivity index (χ3n) is 4.59. The summed E-state index contributed by atoms with van der Waals surface area (Å²) >= 11 is 0. The van der Waals surface area contributed by atoms with Gasteiger partial charge >= 0.3 is 0 Å². The van der Waals surface area contributed by atoms with E-state index in [0.717, 1.165) is 35.9 Å². The number of fused-ring (bicyclic) bond motifs is 2. The second kappa shape index (κ2) is 5.96. The number of hydrogen-bond acceptors (Lipinski definition) is 2. The van der Waals surface area contributed by atoms with Crippen molar-refractivity contribution in [1.82, 2.24) is 4.98 Å². The number of rotatable bonds is 1. The van der Waals surface area contributed by atoms with E-state index in [2.05, 4.69) is 11.1 Å². The molecule has 3 aromatic rings. The van der Waals surface area contributed by atoms with Crippen molar-refractivity contribution in [3.8, 4) is 0 Å². The van der Waals surface area contributed by atoms with Gasteiger partial charge in [0.2, 0.25) is 0 Å². The summed E-state index contributed by atoms with van der Waals surface area (Å²) in [7, 11) is 0. The van der Waals surface area contributed by atoms with Crippen molar-refractivity contribution in [2.45, 2.75) is 19.3 Å². The Hall–Kier alpha value is -2.88. The van der Waals surface area contributed by atoms with Gasteiger partial charge in [-0.05, 0) is 48.4 Å². The molecule has 0 saturated carbocycles. The summed E-state index contributed by atoms with van der Waals surface area (Å²) in [5.74, 6) is -0.226. The standard InChI is InChI=1S/C20H18N2O2/c23-19-16(13-15-9-1-3-10-17(15)21-19)20(24)22-12-6-5-8-14-7-2-4-11-18(14)22/h1-4,7,9-11,13H,5-6,8,12H2,(H,21,23). The maximum Gasteiger partial charge on any atom is 0.263 e. The molecular weight excluding hydrogens is 300 g/mol. The van der Waals surface area contributed by atoms with Gasteiger partial charge in [-0.25, -0.2) is 0 Å². The Bertz CT molecular complexity index is 975. The maximum absolute atomic E-state index is 13.1. The molecule has 1 aliphatic heterocycles. The number of aromatic nitrogens is 1. The van der Waals surface area contributed by atoms with Crippen LogP contribution in [0.4, 0.5) is 5.69 Å². The van der Waals surface area contributed by atoms with Crippen LogP contribution >= 0.6 is 0 Å². The number of carbonyl (C=O) groups excluding carboxylic acids is 1. The van der Waals surface area contributed by atoms with Crippen molar-refractivity contribution in [1.29, 1.82) is 0 Å². The van der Waals surface area contributed by atoms with Crippen molar-refractivity contribution in [3.63, 3.8) is 0 Å². The van der Waals surface area contributed by atoms with Gasteiger partial charge in [-0.15, -0.1) is 0 Å². The zero-order chi connectivity index (χ0) is 16.5.